The van der Waals surface area contributed by atoms with Gasteiger partial charge in [0.15, 0.2) is 0 Å². The molecule has 0 heterocycles. The van der Waals surface area contributed by atoms with E-state index in [1.54, 1.807) is 0 Å². The fourth-order valence-corrected chi connectivity index (χ4v) is 1.98. The van der Waals surface area contributed by atoms with Gasteiger partial charge in [0.05, 0.1) is 0 Å². The van der Waals surface area contributed by atoms with Gasteiger partial charge in [-0.2, -0.15) is 0 Å². The Hall–Kier alpha value is -0.570. The van der Waals surface area contributed by atoms with Gasteiger partial charge in [0.25, 0.3) is 0 Å². The van der Waals surface area contributed by atoms with E-state index >= 15 is 0 Å². The van der Waals surface area contributed by atoms with E-state index in [1.807, 2.05) is 0 Å². The molecule has 1 rings (SSSR count). The molecule has 0 bridgehead atoms. The van der Waals surface area contributed by atoms with Gasteiger partial charge in [0.2, 0.25) is 5.91 Å². The maximum absolute atomic E-state index is 11.2. The van der Waals surface area contributed by atoms with Crippen LogP contribution in [-0.4, -0.2) is 24.2 Å². The fourth-order valence-electron chi connectivity index (χ4n) is 1.98. The van der Waals surface area contributed by atoms with E-state index in [4.69, 9.17) is 5.11 Å². The number of hydrogen-bond acceptors (Lipinski definition) is 2. The Labute approximate surface area is 85.9 Å². The summed E-state index contributed by atoms with van der Waals surface area (Å²) >= 11 is 0. The molecule has 3 nitrogen and oxygen atoms in total. The molecule has 1 fully saturated rings. The van der Waals surface area contributed by atoms with Crippen molar-refractivity contribution in [3.63, 3.8) is 0 Å². The van der Waals surface area contributed by atoms with Crippen molar-refractivity contribution in [2.75, 3.05) is 13.2 Å². The Morgan fingerprint density at radius 1 is 1.29 bits per heavy atom. The number of carbonyl (C=O) groups excluding carboxylic acids is 1. The lowest BCUT2D eigenvalue weighted by molar-refractivity contribution is -0.121. The molecule has 0 aliphatic heterocycles. The Morgan fingerprint density at radius 3 is 2.64 bits per heavy atom. The smallest absolute Gasteiger partial charge is 0.220 e. The third-order valence-electron chi connectivity index (χ3n) is 2.87. The van der Waals surface area contributed by atoms with E-state index in [1.165, 1.54) is 32.1 Å². The number of nitrogens with one attached hydrogen (secondary N) is 1. The lowest BCUT2D eigenvalue weighted by Gasteiger charge is -2.21. The molecule has 0 unspecified atom stereocenters. The lowest BCUT2D eigenvalue weighted by Crippen LogP contribution is -2.30. The van der Waals surface area contributed by atoms with Gasteiger partial charge < -0.3 is 10.4 Å². The van der Waals surface area contributed by atoms with Gasteiger partial charge in [-0.05, 0) is 25.2 Å². The van der Waals surface area contributed by atoms with Crippen molar-refractivity contribution in [1.82, 2.24) is 5.32 Å². The number of carbonyl (C=O) groups is 1. The highest BCUT2D eigenvalue weighted by atomic mass is 16.3. The third-order valence-corrected chi connectivity index (χ3v) is 2.87. The van der Waals surface area contributed by atoms with Gasteiger partial charge in [-0.3, -0.25) is 4.79 Å². The van der Waals surface area contributed by atoms with E-state index in [0.717, 1.165) is 6.54 Å². The molecule has 14 heavy (non-hydrogen) atoms. The largest absolute Gasteiger partial charge is 0.396 e. The summed E-state index contributed by atoms with van der Waals surface area (Å²) in [4.78, 5) is 11.2. The predicted molar refractivity (Wildman–Crippen MR) is 55.9 cm³/mol. The number of rotatable bonds is 5. The van der Waals surface area contributed by atoms with Crippen LogP contribution < -0.4 is 5.32 Å². The van der Waals surface area contributed by atoms with Crippen molar-refractivity contribution < 1.29 is 9.90 Å². The van der Waals surface area contributed by atoms with Crippen LogP contribution in [0.15, 0.2) is 0 Å². The second-order valence-electron chi connectivity index (χ2n) is 4.14. The zero-order valence-electron chi connectivity index (χ0n) is 8.80. The maximum Gasteiger partial charge on any atom is 0.220 e. The summed E-state index contributed by atoms with van der Waals surface area (Å²) in [6.07, 6.45) is 7.56. The molecule has 82 valence electrons. The molecule has 1 aliphatic carbocycles. The molecule has 1 aliphatic rings. The van der Waals surface area contributed by atoms with Gasteiger partial charge in [0.1, 0.15) is 0 Å². The highest BCUT2D eigenvalue weighted by molar-refractivity contribution is 5.75. The van der Waals surface area contributed by atoms with E-state index in [-0.39, 0.29) is 12.5 Å². The summed E-state index contributed by atoms with van der Waals surface area (Å²) in [6.45, 7) is 0.946. The molecular formula is C11H21NO2. The minimum atomic E-state index is 0.0876. The van der Waals surface area contributed by atoms with Crippen molar-refractivity contribution in [2.24, 2.45) is 5.92 Å². The van der Waals surface area contributed by atoms with E-state index in [0.29, 0.717) is 18.8 Å². The number of aliphatic hydroxyl groups excluding tert-OH is 1. The molecule has 3 heteroatoms. The average molecular weight is 199 g/mol. The molecule has 0 atom stereocenters. The van der Waals surface area contributed by atoms with Gasteiger partial charge in [0, 0.05) is 19.6 Å². The number of amides is 1. The van der Waals surface area contributed by atoms with Gasteiger partial charge in [-0.1, -0.05) is 19.3 Å². The number of aliphatic hydroxyl groups is 1. The Bertz CT molecular complexity index is 165. The Kier molecular flexibility index (Phi) is 5.60. The molecule has 0 aromatic rings. The molecule has 0 radical (unpaired) electrons. The molecule has 2 N–H and O–H groups in total. The lowest BCUT2D eigenvalue weighted by atomic mass is 9.89. The van der Waals surface area contributed by atoms with Crippen molar-refractivity contribution in [1.29, 1.82) is 0 Å². The second-order valence-corrected chi connectivity index (χ2v) is 4.14. The van der Waals surface area contributed by atoms with Crippen LogP contribution in [0.3, 0.4) is 0 Å². The van der Waals surface area contributed by atoms with Gasteiger partial charge in [-0.25, -0.2) is 0 Å². The standard InChI is InChI=1S/C11H21NO2/c13-8-4-7-11(14)12-9-10-5-2-1-3-6-10/h10,13H,1-9H2,(H,12,14). The Balaban J connectivity index is 2.03. The summed E-state index contributed by atoms with van der Waals surface area (Å²) < 4.78 is 0. The first-order valence-corrected chi connectivity index (χ1v) is 5.70. The van der Waals surface area contributed by atoms with Crippen LogP contribution in [0.4, 0.5) is 0 Å². The molecule has 1 amide bonds. The molecule has 0 spiro atoms. The molecule has 1 saturated carbocycles. The first-order valence-electron chi connectivity index (χ1n) is 5.70. The second kappa shape index (κ2) is 6.82. The summed E-state index contributed by atoms with van der Waals surface area (Å²) in [5.74, 6) is 0.784. The zero-order chi connectivity index (χ0) is 10.2. The number of hydrogen-bond donors (Lipinski definition) is 2. The SMILES string of the molecule is O=C(CCCO)NCC1CCCCC1. The van der Waals surface area contributed by atoms with Crippen molar-refractivity contribution >= 4 is 5.91 Å². The van der Waals surface area contributed by atoms with Crippen LogP contribution in [0, 0.1) is 5.92 Å². The normalized spacial score (nSPS) is 18.1. The third kappa shape index (κ3) is 4.61. The molecule has 0 aromatic carbocycles. The van der Waals surface area contributed by atoms with Crippen LogP contribution in [0.1, 0.15) is 44.9 Å². The minimum Gasteiger partial charge on any atom is -0.396 e. The van der Waals surface area contributed by atoms with Crippen LogP contribution >= 0.6 is 0 Å². The van der Waals surface area contributed by atoms with Gasteiger partial charge >= 0.3 is 0 Å². The van der Waals surface area contributed by atoms with E-state index < -0.39 is 0 Å². The molecule has 0 aromatic heterocycles. The minimum absolute atomic E-state index is 0.0876. The van der Waals surface area contributed by atoms with Crippen LogP contribution in [0.5, 0.6) is 0 Å². The van der Waals surface area contributed by atoms with Crippen molar-refractivity contribution in [2.45, 2.75) is 44.9 Å². The highest BCUT2D eigenvalue weighted by Crippen LogP contribution is 2.22. The first kappa shape index (κ1) is 11.5. The van der Waals surface area contributed by atoms with E-state index in [9.17, 15) is 4.79 Å². The van der Waals surface area contributed by atoms with Gasteiger partial charge in [-0.15, -0.1) is 0 Å². The quantitative estimate of drug-likeness (QED) is 0.704. The van der Waals surface area contributed by atoms with Crippen molar-refractivity contribution in [3.05, 3.63) is 0 Å². The fraction of sp³-hybridized carbons (Fsp3) is 0.909. The van der Waals surface area contributed by atoms with Crippen molar-refractivity contribution in [3.8, 4) is 0 Å². The summed E-state index contributed by atoms with van der Waals surface area (Å²) in [7, 11) is 0. The maximum atomic E-state index is 11.2. The van der Waals surface area contributed by atoms with Crippen LogP contribution in [-0.2, 0) is 4.79 Å². The van der Waals surface area contributed by atoms with E-state index in [2.05, 4.69) is 5.32 Å². The molecular weight excluding hydrogens is 178 g/mol. The summed E-state index contributed by atoms with van der Waals surface area (Å²) in [5.41, 5.74) is 0. The van der Waals surface area contributed by atoms with Crippen LogP contribution in [0.25, 0.3) is 0 Å². The average Bonchev–Trinajstić information content (AvgIpc) is 2.25. The Morgan fingerprint density at radius 2 is 2.00 bits per heavy atom. The van der Waals surface area contributed by atoms with Crippen LogP contribution in [0.2, 0.25) is 0 Å². The zero-order valence-corrected chi connectivity index (χ0v) is 8.80. The predicted octanol–water partition coefficient (Wildman–Crippen LogP) is 1.46. The monoisotopic (exact) mass is 199 g/mol. The summed E-state index contributed by atoms with van der Waals surface area (Å²) in [5, 5.41) is 11.5. The molecule has 0 saturated heterocycles. The first-order chi connectivity index (χ1) is 6.83. The topological polar surface area (TPSA) is 49.3 Å². The summed E-state index contributed by atoms with van der Waals surface area (Å²) in [6, 6.07) is 0. The highest BCUT2D eigenvalue weighted by Gasteiger charge is 2.13.